The van der Waals surface area contributed by atoms with E-state index in [0.717, 1.165) is 23.0 Å². The zero-order valence-electron chi connectivity index (χ0n) is 11.3. The molecule has 3 aromatic rings. The number of hydrogen-bond acceptors (Lipinski definition) is 4. The number of hydrogen-bond donors (Lipinski definition) is 0. The molecule has 0 aliphatic carbocycles. The molecule has 0 saturated carbocycles. The minimum atomic E-state index is -0.435. The fourth-order valence-electron chi connectivity index (χ4n) is 2.17. The second kappa shape index (κ2) is 5.25. The Balaban J connectivity index is 2.16. The van der Waals surface area contributed by atoms with Gasteiger partial charge in [-0.05, 0) is 29.8 Å². The van der Waals surface area contributed by atoms with Crippen molar-refractivity contribution in [1.29, 1.82) is 0 Å². The number of rotatable bonds is 3. The highest BCUT2D eigenvalue weighted by Gasteiger charge is 2.08. The SMILES string of the molecule is COc1ccc(-c2cc3ccc(C=O)cc3oc2=O)cc1. The average molecular weight is 280 g/mol. The molecule has 4 nitrogen and oxygen atoms in total. The molecular weight excluding hydrogens is 268 g/mol. The summed E-state index contributed by atoms with van der Waals surface area (Å²) in [6, 6.07) is 13.9. The van der Waals surface area contributed by atoms with E-state index in [1.165, 1.54) is 0 Å². The third kappa shape index (κ3) is 2.43. The van der Waals surface area contributed by atoms with Crippen molar-refractivity contribution in [2.45, 2.75) is 0 Å². The van der Waals surface area contributed by atoms with Gasteiger partial charge in [0.05, 0.1) is 12.7 Å². The summed E-state index contributed by atoms with van der Waals surface area (Å²) >= 11 is 0. The Kier molecular flexibility index (Phi) is 3.28. The summed E-state index contributed by atoms with van der Waals surface area (Å²) < 4.78 is 10.4. The molecule has 4 heteroatoms. The first-order valence-corrected chi connectivity index (χ1v) is 6.39. The summed E-state index contributed by atoms with van der Waals surface area (Å²) in [5.74, 6) is 0.722. The second-order valence-corrected chi connectivity index (χ2v) is 4.59. The van der Waals surface area contributed by atoms with Gasteiger partial charge in [-0.25, -0.2) is 4.79 Å². The van der Waals surface area contributed by atoms with Crippen molar-refractivity contribution in [3.05, 3.63) is 64.5 Å². The van der Waals surface area contributed by atoms with E-state index >= 15 is 0 Å². The van der Waals surface area contributed by atoms with Gasteiger partial charge < -0.3 is 9.15 Å². The van der Waals surface area contributed by atoms with Crippen LogP contribution in [-0.2, 0) is 0 Å². The van der Waals surface area contributed by atoms with E-state index in [-0.39, 0.29) is 0 Å². The summed E-state index contributed by atoms with van der Waals surface area (Å²) in [7, 11) is 1.59. The Morgan fingerprint density at radius 2 is 1.81 bits per heavy atom. The highest BCUT2D eigenvalue weighted by molar-refractivity contribution is 5.87. The lowest BCUT2D eigenvalue weighted by molar-refractivity contribution is 0.112. The number of aldehydes is 1. The standard InChI is InChI=1S/C17H12O4/c1-20-14-6-4-12(5-7-14)15-9-13-3-2-11(10-18)8-16(13)21-17(15)19/h2-10H,1H3. The molecule has 0 aliphatic heterocycles. The lowest BCUT2D eigenvalue weighted by Crippen LogP contribution is -2.02. The molecule has 0 aliphatic rings. The Labute approximate surface area is 120 Å². The van der Waals surface area contributed by atoms with E-state index in [0.29, 0.717) is 16.7 Å². The molecular formula is C17H12O4. The van der Waals surface area contributed by atoms with E-state index in [4.69, 9.17) is 9.15 Å². The van der Waals surface area contributed by atoms with Crippen LogP contribution >= 0.6 is 0 Å². The van der Waals surface area contributed by atoms with Crippen LogP contribution in [0.4, 0.5) is 0 Å². The lowest BCUT2D eigenvalue weighted by atomic mass is 10.1. The van der Waals surface area contributed by atoms with Crippen LogP contribution in [-0.4, -0.2) is 13.4 Å². The summed E-state index contributed by atoms with van der Waals surface area (Å²) in [5, 5.41) is 0.769. The maximum Gasteiger partial charge on any atom is 0.344 e. The van der Waals surface area contributed by atoms with E-state index in [9.17, 15) is 9.59 Å². The summed E-state index contributed by atoms with van der Waals surface area (Å²) in [4.78, 5) is 22.9. The first-order chi connectivity index (χ1) is 10.2. The van der Waals surface area contributed by atoms with Crippen LogP contribution < -0.4 is 10.4 Å². The molecule has 0 radical (unpaired) electrons. The van der Waals surface area contributed by atoms with Crippen LogP contribution in [0, 0.1) is 0 Å². The predicted molar refractivity (Wildman–Crippen MR) is 79.9 cm³/mol. The maximum absolute atomic E-state index is 12.1. The minimum Gasteiger partial charge on any atom is -0.497 e. The molecule has 1 heterocycles. The zero-order chi connectivity index (χ0) is 14.8. The molecule has 104 valence electrons. The number of carbonyl (C=O) groups excluding carboxylic acids is 1. The van der Waals surface area contributed by atoms with Gasteiger partial charge in [-0.1, -0.05) is 24.3 Å². The van der Waals surface area contributed by atoms with Crippen LogP contribution in [0.1, 0.15) is 10.4 Å². The van der Waals surface area contributed by atoms with Crippen molar-refractivity contribution in [3.63, 3.8) is 0 Å². The predicted octanol–water partition coefficient (Wildman–Crippen LogP) is 3.28. The third-order valence-electron chi connectivity index (χ3n) is 3.30. The largest absolute Gasteiger partial charge is 0.497 e. The van der Waals surface area contributed by atoms with Crippen molar-refractivity contribution in [2.75, 3.05) is 7.11 Å². The van der Waals surface area contributed by atoms with Gasteiger partial charge in [0.1, 0.15) is 17.6 Å². The van der Waals surface area contributed by atoms with Gasteiger partial charge >= 0.3 is 5.63 Å². The zero-order valence-corrected chi connectivity index (χ0v) is 11.3. The topological polar surface area (TPSA) is 56.5 Å². The Morgan fingerprint density at radius 1 is 1.05 bits per heavy atom. The first kappa shape index (κ1) is 13.1. The number of methoxy groups -OCH3 is 1. The van der Waals surface area contributed by atoms with Crippen LogP contribution in [0.25, 0.3) is 22.1 Å². The molecule has 1 aromatic heterocycles. The Bertz CT molecular complexity index is 860. The van der Waals surface area contributed by atoms with Crippen molar-refractivity contribution in [2.24, 2.45) is 0 Å². The van der Waals surface area contributed by atoms with E-state index in [2.05, 4.69) is 0 Å². The van der Waals surface area contributed by atoms with Gasteiger partial charge in [0.2, 0.25) is 0 Å². The monoisotopic (exact) mass is 280 g/mol. The van der Waals surface area contributed by atoms with Gasteiger partial charge in [0.25, 0.3) is 0 Å². The van der Waals surface area contributed by atoms with Gasteiger partial charge in [-0.3, -0.25) is 4.79 Å². The van der Waals surface area contributed by atoms with Gasteiger partial charge in [0, 0.05) is 10.9 Å². The summed E-state index contributed by atoms with van der Waals surface area (Å²) in [6.07, 6.45) is 0.719. The molecule has 3 rings (SSSR count). The molecule has 0 fully saturated rings. The van der Waals surface area contributed by atoms with Crippen LogP contribution in [0.15, 0.2) is 57.7 Å². The van der Waals surface area contributed by atoms with E-state index in [1.54, 1.807) is 55.6 Å². The summed E-state index contributed by atoms with van der Waals surface area (Å²) in [6.45, 7) is 0. The lowest BCUT2D eigenvalue weighted by Gasteiger charge is -2.04. The van der Waals surface area contributed by atoms with Crippen LogP contribution in [0.5, 0.6) is 5.75 Å². The maximum atomic E-state index is 12.1. The van der Waals surface area contributed by atoms with Crippen LogP contribution in [0.2, 0.25) is 0 Å². The molecule has 0 unspecified atom stereocenters. The molecule has 0 atom stereocenters. The Hall–Kier alpha value is -2.88. The molecule has 0 bridgehead atoms. The minimum absolute atomic E-state index is 0.405. The average Bonchev–Trinajstić information content (AvgIpc) is 2.53. The van der Waals surface area contributed by atoms with Gasteiger partial charge in [-0.15, -0.1) is 0 Å². The third-order valence-corrected chi connectivity index (χ3v) is 3.30. The van der Waals surface area contributed by atoms with E-state index < -0.39 is 5.63 Å². The van der Waals surface area contributed by atoms with Crippen molar-refractivity contribution in [1.82, 2.24) is 0 Å². The smallest absolute Gasteiger partial charge is 0.344 e. The van der Waals surface area contributed by atoms with Crippen LogP contribution in [0.3, 0.4) is 0 Å². The molecule has 2 aromatic carbocycles. The second-order valence-electron chi connectivity index (χ2n) is 4.59. The highest BCUT2D eigenvalue weighted by atomic mass is 16.5. The molecule has 0 amide bonds. The number of fused-ring (bicyclic) bond motifs is 1. The van der Waals surface area contributed by atoms with Gasteiger partial charge in [0.15, 0.2) is 0 Å². The van der Waals surface area contributed by atoms with Crippen molar-refractivity contribution < 1.29 is 13.9 Å². The number of benzene rings is 2. The van der Waals surface area contributed by atoms with Crippen molar-refractivity contribution >= 4 is 17.3 Å². The number of carbonyl (C=O) groups is 1. The molecule has 0 spiro atoms. The molecule has 21 heavy (non-hydrogen) atoms. The molecule has 0 N–H and O–H groups in total. The Morgan fingerprint density at radius 3 is 2.48 bits per heavy atom. The highest BCUT2D eigenvalue weighted by Crippen LogP contribution is 2.23. The normalized spacial score (nSPS) is 10.5. The van der Waals surface area contributed by atoms with E-state index in [1.807, 2.05) is 0 Å². The van der Waals surface area contributed by atoms with Gasteiger partial charge in [-0.2, -0.15) is 0 Å². The fourth-order valence-corrected chi connectivity index (χ4v) is 2.17. The molecule has 0 saturated heterocycles. The first-order valence-electron chi connectivity index (χ1n) is 6.39. The fraction of sp³-hybridized carbons (Fsp3) is 0.0588. The quantitative estimate of drug-likeness (QED) is 0.545. The van der Waals surface area contributed by atoms with Crippen molar-refractivity contribution in [3.8, 4) is 16.9 Å². The summed E-state index contributed by atoms with van der Waals surface area (Å²) in [5.41, 5.74) is 1.68. The number of ether oxygens (including phenoxy) is 1.